The van der Waals surface area contributed by atoms with Gasteiger partial charge in [-0.2, -0.15) is 0 Å². The second kappa shape index (κ2) is 5.05. The number of carbonyl (C=O) groups excluding carboxylic acids is 2. The van der Waals surface area contributed by atoms with E-state index in [2.05, 4.69) is 39.9 Å². The van der Waals surface area contributed by atoms with Crippen LogP contribution in [0.4, 0.5) is 0 Å². The topological polar surface area (TPSA) is 49.4 Å². The van der Waals surface area contributed by atoms with Gasteiger partial charge in [-0.25, -0.2) is 0 Å². The minimum Gasteiger partial charge on any atom is -0.340 e. The molecule has 116 valence electrons. The smallest absolute Gasteiger partial charge is 0.248 e. The van der Waals surface area contributed by atoms with Gasteiger partial charge >= 0.3 is 0 Å². The molecule has 2 amide bonds. The van der Waals surface area contributed by atoms with E-state index in [4.69, 9.17) is 0 Å². The average Bonchev–Trinajstić information content (AvgIpc) is 2.18. The molecule has 0 radical (unpaired) electrons. The summed E-state index contributed by atoms with van der Waals surface area (Å²) >= 11 is 0. The number of hydrogen-bond acceptors (Lipinski definition) is 2. The maximum Gasteiger partial charge on any atom is 0.248 e. The number of rotatable bonds is 3. The Labute approximate surface area is 123 Å². The lowest BCUT2D eigenvalue weighted by atomic mass is 9.78. The van der Waals surface area contributed by atoms with Gasteiger partial charge in [0, 0.05) is 5.54 Å². The van der Waals surface area contributed by atoms with E-state index >= 15 is 0 Å². The highest BCUT2D eigenvalue weighted by Crippen LogP contribution is 2.36. The first-order valence-electron chi connectivity index (χ1n) is 7.47. The highest BCUT2D eigenvalue weighted by atomic mass is 16.2. The molecule has 1 unspecified atom stereocenters. The van der Waals surface area contributed by atoms with Crippen LogP contribution in [0.1, 0.15) is 68.2 Å². The van der Waals surface area contributed by atoms with Crippen LogP contribution in [0, 0.1) is 5.41 Å². The molecule has 1 N–H and O–H groups in total. The third-order valence-corrected chi connectivity index (χ3v) is 3.81. The molecule has 1 aliphatic heterocycles. The summed E-state index contributed by atoms with van der Waals surface area (Å²) in [5, 5.41) is 2.84. The van der Waals surface area contributed by atoms with E-state index in [1.165, 1.54) is 0 Å². The quantitative estimate of drug-likeness (QED) is 0.865. The zero-order valence-electron chi connectivity index (χ0n) is 14.3. The molecule has 0 saturated carbocycles. The van der Waals surface area contributed by atoms with Gasteiger partial charge in [0.05, 0.1) is 0 Å². The minimum atomic E-state index is -0.822. The molecule has 1 atom stereocenters. The molecule has 0 aromatic heterocycles. The van der Waals surface area contributed by atoms with E-state index in [0.29, 0.717) is 6.42 Å². The lowest BCUT2D eigenvalue weighted by Gasteiger charge is -2.51. The molecule has 0 aliphatic carbocycles. The summed E-state index contributed by atoms with van der Waals surface area (Å²) in [4.78, 5) is 26.9. The number of piperazine rings is 1. The number of nitrogens with zero attached hydrogens (tertiary/aromatic N) is 1. The van der Waals surface area contributed by atoms with Gasteiger partial charge in [-0.05, 0) is 46.0 Å². The molecule has 0 spiro atoms. The van der Waals surface area contributed by atoms with Crippen molar-refractivity contribution in [3.8, 4) is 0 Å². The van der Waals surface area contributed by atoms with Crippen LogP contribution in [-0.4, -0.2) is 33.8 Å². The Morgan fingerprint density at radius 2 is 1.65 bits per heavy atom. The molecule has 1 heterocycles. The van der Waals surface area contributed by atoms with Crippen molar-refractivity contribution in [2.45, 2.75) is 85.4 Å². The molecule has 20 heavy (non-hydrogen) atoms. The maximum atomic E-state index is 12.8. The first-order valence-corrected chi connectivity index (χ1v) is 7.47. The molecule has 0 aromatic carbocycles. The summed E-state index contributed by atoms with van der Waals surface area (Å²) in [7, 11) is 0. The van der Waals surface area contributed by atoms with Crippen molar-refractivity contribution in [1.29, 1.82) is 0 Å². The van der Waals surface area contributed by atoms with Gasteiger partial charge in [0.2, 0.25) is 11.8 Å². The fourth-order valence-corrected chi connectivity index (χ4v) is 3.45. The van der Waals surface area contributed by atoms with Gasteiger partial charge in [0.1, 0.15) is 11.6 Å². The third kappa shape index (κ3) is 3.33. The molecule has 4 heteroatoms. The largest absolute Gasteiger partial charge is 0.340 e. The van der Waals surface area contributed by atoms with Crippen molar-refractivity contribution in [1.82, 2.24) is 10.2 Å². The van der Waals surface area contributed by atoms with E-state index in [9.17, 15) is 9.59 Å². The van der Waals surface area contributed by atoms with Crippen molar-refractivity contribution < 1.29 is 9.59 Å². The molecular weight excluding hydrogens is 252 g/mol. The van der Waals surface area contributed by atoms with Gasteiger partial charge in [-0.1, -0.05) is 27.7 Å². The van der Waals surface area contributed by atoms with E-state index in [1.54, 1.807) is 13.8 Å². The summed E-state index contributed by atoms with van der Waals surface area (Å²) < 4.78 is 0. The lowest BCUT2D eigenvalue weighted by molar-refractivity contribution is -0.161. The first kappa shape index (κ1) is 17.0. The molecule has 0 aromatic rings. The Morgan fingerprint density at radius 3 is 2.05 bits per heavy atom. The van der Waals surface area contributed by atoms with Gasteiger partial charge < -0.3 is 10.2 Å². The molecule has 1 fully saturated rings. The van der Waals surface area contributed by atoms with Crippen molar-refractivity contribution in [3.63, 3.8) is 0 Å². The normalized spacial score (nSPS) is 23.8. The van der Waals surface area contributed by atoms with E-state index in [1.807, 2.05) is 11.8 Å². The second-order valence-electron chi connectivity index (χ2n) is 8.26. The van der Waals surface area contributed by atoms with Crippen molar-refractivity contribution >= 4 is 11.8 Å². The van der Waals surface area contributed by atoms with E-state index in [0.717, 1.165) is 6.42 Å². The molecule has 0 bridgehead atoms. The number of hydrogen-bond donors (Lipinski definition) is 1. The average molecular weight is 282 g/mol. The Bertz CT molecular complexity index is 405. The highest BCUT2D eigenvalue weighted by molar-refractivity contribution is 5.99. The monoisotopic (exact) mass is 282 g/mol. The van der Waals surface area contributed by atoms with Gasteiger partial charge in [-0.15, -0.1) is 0 Å². The third-order valence-electron chi connectivity index (χ3n) is 3.81. The number of carbonyl (C=O) groups is 2. The van der Waals surface area contributed by atoms with Gasteiger partial charge in [-0.3, -0.25) is 9.59 Å². The summed E-state index contributed by atoms with van der Waals surface area (Å²) in [6.07, 6.45) is 1.49. The van der Waals surface area contributed by atoms with Crippen LogP contribution in [-0.2, 0) is 9.59 Å². The van der Waals surface area contributed by atoms with Crippen LogP contribution < -0.4 is 5.32 Å². The lowest BCUT2D eigenvalue weighted by Crippen LogP contribution is -2.72. The van der Waals surface area contributed by atoms with E-state index < -0.39 is 5.54 Å². The van der Waals surface area contributed by atoms with Gasteiger partial charge in [0.25, 0.3) is 0 Å². The zero-order chi connectivity index (χ0) is 15.9. The predicted molar refractivity (Wildman–Crippen MR) is 81.3 cm³/mol. The van der Waals surface area contributed by atoms with Crippen molar-refractivity contribution in [2.75, 3.05) is 0 Å². The Hall–Kier alpha value is -1.06. The van der Waals surface area contributed by atoms with Crippen LogP contribution >= 0.6 is 0 Å². The SMILES string of the molecule is CCC1C(=O)NC(C)(C)C(=O)N1C(C)(C)CC(C)(C)C. The number of amides is 2. The molecule has 1 saturated heterocycles. The summed E-state index contributed by atoms with van der Waals surface area (Å²) in [6.45, 7) is 16.1. The predicted octanol–water partition coefficient (Wildman–Crippen LogP) is 2.72. The van der Waals surface area contributed by atoms with E-state index in [-0.39, 0.29) is 28.8 Å². The highest BCUT2D eigenvalue weighted by Gasteiger charge is 2.50. The second-order valence-corrected chi connectivity index (χ2v) is 8.26. The first-order chi connectivity index (χ1) is 8.82. The molecular formula is C16H30N2O2. The zero-order valence-corrected chi connectivity index (χ0v) is 14.3. The summed E-state index contributed by atoms with van der Waals surface area (Å²) in [6, 6.07) is -0.368. The van der Waals surface area contributed by atoms with Gasteiger partial charge in [0.15, 0.2) is 0 Å². The van der Waals surface area contributed by atoms with Crippen LogP contribution in [0.2, 0.25) is 0 Å². The standard InChI is InChI=1S/C16H30N2O2/c1-9-11-12(19)17-16(7,8)13(20)18(11)15(5,6)10-14(2,3)4/h11H,9-10H2,1-8H3,(H,17,19). The maximum absolute atomic E-state index is 12.8. The fraction of sp³-hybridized carbons (Fsp3) is 0.875. The summed E-state index contributed by atoms with van der Waals surface area (Å²) in [5.41, 5.74) is -1.07. The molecule has 4 nitrogen and oxygen atoms in total. The molecule has 1 rings (SSSR count). The Kier molecular flexibility index (Phi) is 4.29. The number of nitrogens with one attached hydrogen (secondary N) is 1. The van der Waals surface area contributed by atoms with Crippen LogP contribution in [0.3, 0.4) is 0 Å². The fourth-order valence-electron chi connectivity index (χ4n) is 3.45. The van der Waals surface area contributed by atoms with Crippen LogP contribution in [0.15, 0.2) is 0 Å². The Morgan fingerprint density at radius 1 is 1.15 bits per heavy atom. The Balaban J connectivity index is 3.21. The van der Waals surface area contributed by atoms with Crippen LogP contribution in [0.25, 0.3) is 0 Å². The minimum absolute atomic E-state index is 0.0122. The van der Waals surface area contributed by atoms with Crippen molar-refractivity contribution in [3.05, 3.63) is 0 Å². The van der Waals surface area contributed by atoms with Crippen LogP contribution in [0.5, 0.6) is 0 Å². The molecule has 1 aliphatic rings. The van der Waals surface area contributed by atoms with Crippen molar-refractivity contribution in [2.24, 2.45) is 5.41 Å². The summed E-state index contributed by atoms with van der Waals surface area (Å²) in [5.74, 6) is -0.0303.